The number of nitrogens with two attached hydrogens (primary N) is 1. The van der Waals surface area contributed by atoms with Crippen molar-refractivity contribution in [3.8, 4) is 0 Å². The molecular weight excluding hydrogens is 236 g/mol. The van der Waals surface area contributed by atoms with Crippen LogP contribution in [0.2, 0.25) is 0 Å². The van der Waals surface area contributed by atoms with Crippen LogP contribution in [0.25, 0.3) is 0 Å². The van der Waals surface area contributed by atoms with Gasteiger partial charge in [-0.25, -0.2) is 0 Å². The molecule has 3 nitrogen and oxygen atoms in total. The lowest BCUT2D eigenvalue weighted by Gasteiger charge is -2.25. The van der Waals surface area contributed by atoms with Gasteiger partial charge in [0.05, 0.1) is 0 Å². The zero-order valence-electron chi connectivity index (χ0n) is 12.0. The Bertz CT molecular complexity index is 436. The molecule has 104 valence electrons. The Morgan fingerprint density at radius 2 is 1.84 bits per heavy atom. The highest BCUT2D eigenvalue weighted by atomic mass is 16.2. The van der Waals surface area contributed by atoms with Gasteiger partial charge in [-0.05, 0) is 32.3 Å². The van der Waals surface area contributed by atoms with Crippen LogP contribution in [0.5, 0.6) is 0 Å². The van der Waals surface area contributed by atoms with E-state index < -0.39 is 0 Å². The van der Waals surface area contributed by atoms with E-state index in [1.807, 2.05) is 4.90 Å². The van der Waals surface area contributed by atoms with Crippen molar-refractivity contribution in [3.05, 3.63) is 34.9 Å². The van der Waals surface area contributed by atoms with Crippen LogP contribution >= 0.6 is 0 Å². The van der Waals surface area contributed by atoms with Gasteiger partial charge in [0.15, 0.2) is 0 Å². The van der Waals surface area contributed by atoms with Crippen molar-refractivity contribution in [2.75, 3.05) is 13.1 Å². The molecule has 19 heavy (non-hydrogen) atoms. The minimum Gasteiger partial charge on any atom is -0.341 e. The Hall–Kier alpha value is -1.35. The van der Waals surface area contributed by atoms with Gasteiger partial charge < -0.3 is 10.6 Å². The van der Waals surface area contributed by atoms with E-state index in [0.29, 0.717) is 13.0 Å². The average Bonchev–Trinajstić information content (AvgIpc) is 2.54. The first-order chi connectivity index (χ1) is 9.06. The third kappa shape index (κ3) is 3.80. The normalized spacial score (nSPS) is 18.3. The molecule has 0 aliphatic carbocycles. The lowest BCUT2D eigenvalue weighted by Crippen LogP contribution is -2.36. The van der Waals surface area contributed by atoms with E-state index >= 15 is 0 Å². The maximum Gasteiger partial charge on any atom is 0.222 e. The molecule has 0 aromatic heterocycles. The molecule has 1 aromatic carbocycles. The van der Waals surface area contributed by atoms with Crippen molar-refractivity contribution in [2.24, 2.45) is 5.73 Å². The number of aryl methyl sites for hydroxylation is 2. The predicted molar refractivity (Wildman–Crippen MR) is 77.9 cm³/mol. The molecule has 1 heterocycles. The summed E-state index contributed by atoms with van der Waals surface area (Å²) in [7, 11) is 0. The minimum absolute atomic E-state index is 0.0827. The van der Waals surface area contributed by atoms with Crippen LogP contribution < -0.4 is 5.73 Å². The van der Waals surface area contributed by atoms with E-state index in [2.05, 4.69) is 32.0 Å². The Morgan fingerprint density at radius 3 is 2.53 bits per heavy atom. The summed E-state index contributed by atoms with van der Waals surface area (Å²) in [6.07, 6.45) is 3.96. The molecule has 3 heteroatoms. The summed E-state index contributed by atoms with van der Waals surface area (Å²) in [5, 5.41) is 0. The first kappa shape index (κ1) is 14.1. The first-order valence-corrected chi connectivity index (χ1v) is 7.18. The first-order valence-electron chi connectivity index (χ1n) is 7.18. The van der Waals surface area contributed by atoms with Crippen molar-refractivity contribution >= 4 is 5.91 Å². The van der Waals surface area contributed by atoms with Crippen molar-refractivity contribution in [1.82, 2.24) is 4.90 Å². The second-order valence-corrected chi connectivity index (χ2v) is 5.68. The molecule has 1 aliphatic rings. The van der Waals surface area contributed by atoms with Crippen molar-refractivity contribution in [2.45, 2.75) is 45.6 Å². The highest BCUT2D eigenvalue weighted by molar-refractivity contribution is 5.76. The van der Waals surface area contributed by atoms with Crippen LogP contribution in [0.4, 0.5) is 0 Å². The van der Waals surface area contributed by atoms with Gasteiger partial charge in [0, 0.05) is 25.6 Å². The summed E-state index contributed by atoms with van der Waals surface area (Å²) in [5.74, 6) is 0.261. The molecule has 0 saturated carbocycles. The SMILES string of the molecule is Cc1cc(C)cc(C(N)CN2CCCCCC2=O)c1. The molecule has 2 N–H and O–H groups in total. The van der Waals surface area contributed by atoms with Gasteiger partial charge in [-0.1, -0.05) is 35.7 Å². The Morgan fingerprint density at radius 1 is 1.16 bits per heavy atom. The van der Waals surface area contributed by atoms with Crippen LogP contribution in [0.3, 0.4) is 0 Å². The van der Waals surface area contributed by atoms with Crippen LogP contribution in [0.1, 0.15) is 48.4 Å². The minimum atomic E-state index is -0.0827. The summed E-state index contributed by atoms with van der Waals surface area (Å²) in [6.45, 7) is 5.67. The largest absolute Gasteiger partial charge is 0.341 e. The number of hydrogen-bond donors (Lipinski definition) is 1. The van der Waals surface area contributed by atoms with Crippen LogP contribution in [0, 0.1) is 13.8 Å². The van der Waals surface area contributed by atoms with E-state index in [4.69, 9.17) is 5.73 Å². The molecule has 1 amide bonds. The smallest absolute Gasteiger partial charge is 0.222 e. The number of amides is 1. The fraction of sp³-hybridized carbons (Fsp3) is 0.562. The summed E-state index contributed by atoms with van der Waals surface area (Å²) >= 11 is 0. The van der Waals surface area contributed by atoms with Crippen LogP contribution in [0.15, 0.2) is 18.2 Å². The summed E-state index contributed by atoms with van der Waals surface area (Å²) in [5.41, 5.74) is 9.88. The van der Waals surface area contributed by atoms with E-state index in [1.165, 1.54) is 11.1 Å². The van der Waals surface area contributed by atoms with Crippen LogP contribution in [-0.2, 0) is 4.79 Å². The zero-order valence-corrected chi connectivity index (χ0v) is 12.0. The second kappa shape index (κ2) is 6.20. The van der Waals surface area contributed by atoms with E-state index in [0.717, 1.165) is 31.4 Å². The molecule has 0 bridgehead atoms. The summed E-state index contributed by atoms with van der Waals surface area (Å²) < 4.78 is 0. The summed E-state index contributed by atoms with van der Waals surface area (Å²) in [4.78, 5) is 13.9. The quantitative estimate of drug-likeness (QED) is 0.908. The maximum absolute atomic E-state index is 12.0. The molecular formula is C16H24N2O. The number of carbonyl (C=O) groups is 1. The van der Waals surface area contributed by atoms with Gasteiger partial charge in [0.25, 0.3) is 0 Å². The van der Waals surface area contributed by atoms with Crippen molar-refractivity contribution < 1.29 is 4.79 Å². The monoisotopic (exact) mass is 260 g/mol. The third-order valence-electron chi connectivity index (χ3n) is 3.76. The zero-order chi connectivity index (χ0) is 13.8. The Labute approximate surface area is 115 Å². The predicted octanol–water partition coefficient (Wildman–Crippen LogP) is 2.71. The van der Waals surface area contributed by atoms with Gasteiger partial charge in [0.1, 0.15) is 0 Å². The number of nitrogens with zero attached hydrogens (tertiary/aromatic N) is 1. The fourth-order valence-electron chi connectivity index (χ4n) is 2.80. The highest BCUT2D eigenvalue weighted by Crippen LogP contribution is 2.18. The molecule has 1 aromatic rings. The molecule has 1 atom stereocenters. The lowest BCUT2D eigenvalue weighted by molar-refractivity contribution is -0.130. The molecule has 1 aliphatic heterocycles. The molecule has 1 unspecified atom stereocenters. The van der Waals surface area contributed by atoms with E-state index in [9.17, 15) is 4.79 Å². The molecule has 1 fully saturated rings. The number of likely N-dealkylation sites (tertiary alicyclic amines) is 1. The lowest BCUT2D eigenvalue weighted by atomic mass is 10.0. The fourth-order valence-corrected chi connectivity index (χ4v) is 2.80. The average molecular weight is 260 g/mol. The highest BCUT2D eigenvalue weighted by Gasteiger charge is 2.19. The van der Waals surface area contributed by atoms with Crippen molar-refractivity contribution in [1.29, 1.82) is 0 Å². The molecule has 1 saturated heterocycles. The molecule has 0 radical (unpaired) electrons. The van der Waals surface area contributed by atoms with Crippen LogP contribution in [-0.4, -0.2) is 23.9 Å². The number of rotatable bonds is 3. The van der Waals surface area contributed by atoms with E-state index in [1.54, 1.807) is 0 Å². The van der Waals surface area contributed by atoms with Gasteiger partial charge >= 0.3 is 0 Å². The Balaban J connectivity index is 2.06. The van der Waals surface area contributed by atoms with Gasteiger partial charge in [0.2, 0.25) is 5.91 Å². The maximum atomic E-state index is 12.0. The second-order valence-electron chi connectivity index (χ2n) is 5.68. The van der Waals surface area contributed by atoms with Gasteiger partial charge in [-0.2, -0.15) is 0 Å². The van der Waals surface area contributed by atoms with Gasteiger partial charge in [-0.3, -0.25) is 4.79 Å². The number of benzene rings is 1. The third-order valence-corrected chi connectivity index (χ3v) is 3.76. The molecule has 2 rings (SSSR count). The Kier molecular flexibility index (Phi) is 4.59. The van der Waals surface area contributed by atoms with Gasteiger partial charge in [-0.15, -0.1) is 0 Å². The van der Waals surface area contributed by atoms with Crippen molar-refractivity contribution in [3.63, 3.8) is 0 Å². The molecule has 0 spiro atoms. The number of carbonyl (C=O) groups excluding carboxylic acids is 1. The van der Waals surface area contributed by atoms with E-state index in [-0.39, 0.29) is 11.9 Å². The standard InChI is InChI=1S/C16H24N2O/c1-12-8-13(2)10-14(9-12)15(17)11-18-7-5-3-4-6-16(18)19/h8-10,15H,3-7,11,17H2,1-2H3. The summed E-state index contributed by atoms with van der Waals surface area (Å²) in [6, 6.07) is 6.31. The number of hydrogen-bond acceptors (Lipinski definition) is 2. The topological polar surface area (TPSA) is 46.3 Å².